The van der Waals surface area contributed by atoms with Gasteiger partial charge in [-0.2, -0.15) is 0 Å². The van der Waals surface area contributed by atoms with E-state index in [0.717, 1.165) is 0 Å². The second-order valence-electron chi connectivity index (χ2n) is 6.14. The van der Waals surface area contributed by atoms with E-state index in [1.54, 1.807) is 11.9 Å². The van der Waals surface area contributed by atoms with Gasteiger partial charge in [-0.25, -0.2) is 0 Å². The van der Waals surface area contributed by atoms with E-state index in [0.29, 0.717) is 12.8 Å². The van der Waals surface area contributed by atoms with Gasteiger partial charge in [0.2, 0.25) is 17.7 Å². The highest BCUT2D eigenvalue weighted by molar-refractivity contribution is 6.05. The summed E-state index contributed by atoms with van der Waals surface area (Å²) in [4.78, 5) is 39.3. The number of carbonyl (C=O) groups is 3. The fourth-order valence-electron chi connectivity index (χ4n) is 2.91. The third kappa shape index (κ3) is 3.50. The Balaban J connectivity index is 1.92. The average molecular weight is 293 g/mol. The van der Waals surface area contributed by atoms with Crippen LogP contribution in [0.1, 0.15) is 26.7 Å². The number of rotatable bonds is 5. The van der Waals surface area contributed by atoms with Crippen molar-refractivity contribution >= 4 is 17.7 Å². The number of likely N-dealkylation sites (tertiary alicyclic amines) is 1. The van der Waals surface area contributed by atoms with E-state index >= 15 is 0 Å². The average Bonchev–Trinajstić information content (AvgIpc) is 2.63. The van der Waals surface area contributed by atoms with Crippen molar-refractivity contribution in [1.29, 1.82) is 0 Å². The van der Waals surface area contributed by atoms with Crippen LogP contribution in [0.15, 0.2) is 12.2 Å². The summed E-state index contributed by atoms with van der Waals surface area (Å²) in [7, 11) is 1.74. The van der Waals surface area contributed by atoms with Crippen LogP contribution in [0.4, 0.5) is 0 Å². The van der Waals surface area contributed by atoms with Crippen molar-refractivity contribution in [2.24, 2.45) is 11.8 Å². The first-order valence-electron chi connectivity index (χ1n) is 7.38. The smallest absolute Gasteiger partial charge is 0.234 e. The predicted octanol–water partition coefficient (Wildman–Crippen LogP) is 0.352. The summed E-state index contributed by atoms with van der Waals surface area (Å²) in [5, 5.41) is 2.79. The van der Waals surface area contributed by atoms with E-state index in [9.17, 15) is 14.4 Å². The van der Waals surface area contributed by atoms with Crippen LogP contribution in [0.2, 0.25) is 0 Å². The van der Waals surface area contributed by atoms with E-state index in [2.05, 4.69) is 5.32 Å². The number of nitrogens with zero attached hydrogens (tertiary/aromatic N) is 2. The predicted molar refractivity (Wildman–Crippen MR) is 78.0 cm³/mol. The van der Waals surface area contributed by atoms with Crippen LogP contribution in [-0.4, -0.2) is 53.8 Å². The molecule has 3 amide bonds. The highest BCUT2D eigenvalue weighted by atomic mass is 16.2. The molecule has 0 saturated carbocycles. The third-order valence-electron chi connectivity index (χ3n) is 3.84. The normalized spacial score (nSPS) is 24.9. The van der Waals surface area contributed by atoms with Gasteiger partial charge in [0.05, 0.1) is 25.0 Å². The highest BCUT2D eigenvalue weighted by Gasteiger charge is 2.47. The molecule has 2 aliphatic rings. The molecule has 0 bridgehead atoms. The van der Waals surface area contributed by atoms with E-state index < -0.39 is 0 Å². The zero-order valence-corrected chi connectivity index (χ0v) is 12.8. The molecular formula is C15H23N3O3. The van der Waals surface area contributed by atoms with E-state index in [1.807, 2.05) is 26.0 Å². The maximum Gasteiger partial charge on any atom is 0.234 e. The van der Waals surface area contributed by atoms with Gasteiger partial charge in [-0.15, -0.1) is 0 Å². The van der Waals surface area contributed by atoms with Gasteiger partial charge in [0.25, 0.3) is 0 Å². The molecule has 116 valence electrons. The molecule has 0 unspecified atom stereocenters. The van der Waals surface area contributed by atoms with Crippen molar-refractivity contribution in [3.8, 4) is 0 Å². The molecule has 1 aliphatic carbocycles. The Morgan fingerprint density at radius 1 is 1.29 bits per heavy atom. The van der Waals surface area contributed by atoms with Crippen LogP contribution in [0.5, 0.6) is 0 Å². The van der Waals surface area contributed by atoms with Gasteiger partial charge in [0.1, 0.15) is 0 Å². The zero-order chi connectivity index (χ0) is 15.6. The number of imide groups is 1. The van der Waals surface area contributed by atoms with Crippen LogP contribution >= 0.6 is 0 Å². The lowest BCUT2D eigenvalue weighted by molar-refractivity contribution is -0.143. The maximum absolute atomic E-state index is 12.3. The molecule has 2 rings (SSSR count). The summed E-state index contributed by atoms with van der Waals surface area (Å²) >= 11 is 0. The van der Waals surface area contributed by atoms with Crippen LogP contribution in [0.25, 0.3) is 0 Å². The minimum atomic E-state index is -0.208. The number of fused-ring (bicyclic) bond motifs is 1. The molecule has 0 spiro atoms. The van der Waals surface area contributed by atoms with Gasteiger partial charge in [-0.05, 0) is 33.7 Å². The minimum absolute atomic E-state index is 0.0786. The lowest BCUT2D eigenvalue weighted by atomic mass is 9.85. The summed E-state index contributed by atoms with van der Waals surface area (Å²) in [5.74, 6) is -0.734. The molecule has 6 heteroatoms. The van der Waals surface area contributed by atoms with Crippen molar-refractivity contribution < 1.29 is 14.4 Å². The molecule has 0 aromatic carbocycles. The van der Waals surface area contributed by atoms with Gasteiger partial charge >= 0.3 is 0 Å². The summed E-state index contributed by atoms with van der Waals surface area (Å²) < 4.78 is 0. The van der Waals surface area contributed by atoms with Gasteiger partial charge < -0.3 is 5.32 Å². The first-order chi connectivity index (χ1) is 9.90. The Kier molecular flexibility index (Phi) is 4.77. The molecule has 1 N–H and O–H groups in total. The number of carbonyl (C=O) groups excluding carboxylic acids is 3. The Labute approximate surface area is 125 Å². The van der Waals surface area contributed by atoms with Crippen molar-refractivity contribution in [3.63, 3.8) is 0 Å². The molecule has 1 fully saturated rings. The van der Waals surface area contributed by atoms with Crippen molar-refractivity contribution in [3.05, 3.63) is 12.2 Å². The van der Waals surface area contributed by atoms with E-state index in [1.165, 1.54) is 4.90 Å². The Hall–Kier alpha value is -1.69. The van der Waals surface area contributed by atoms with E-state index in [-0.39, 0.29) is 48.8 Å². The summed E-state index contributed by atoms with van der Waals surface area (Å²) in [6.07, 6.45) is 5.22. The van der Waals surface area contributed by atoms with E-state index in [4.69, 9.17) is 0 Å². The van der Waals surface area contributed by atoms with Crippen molar-refractivity contribution in [2.45, 2.75) is 32.7 Å². The molecule has 0 radical (unpaired) electrons. The molecule has 1 saturated heterocycles. The second-order valence-corrected chi connectivity index (χ2v) is 6.14. The first kappa shape index (κ1) is 15.7. The lowest BCUT2D eigenvalue weighted by Gasteiger charge is -2.23. The van der Waals surface area contributed by atoms with Gasteiger partial charge in [-0.3, -0.25) is 24.2 Å². The monoisotopic (exact) mass is 293 g/mol. The number of hydrogen-bond donors (Lipinski definition) is 1. The molecule has 6 nitrogen and oxygen atoms in total. The summed E-state index contributed by atoms with van der Waals surface area (Å²) in [6, 6.07) is 0.0786. The first-order valence-corrected chi connectivity index (χ1v) is 7.38. The Morgan fingerprint density at radius 2 is 1.81 bits per heavy atom. The topological polar surface area (TPSA) is 69.7 Å². The highest BCUT2D eigenvalue weighted by Crippen LogP contribution is 2.34. The minimum Gasteiger partial charge on any atom is -0.353 e. The molecule has 1 aliphatic heterocycles. The molecule has 0 aromatic heterocycles. The fourth-order valence-corrected chi connectivity index (χ4v) is 2.91. The van der Waals surface area contributed by atoms with Crippen LogP contribution in [0.3, 0.4) is 0 Å². The largest absolute Gasteiger partial charge is 0.353 e. The van der Waals surface area contributed by atoms with Gasteiger partial charge in [-0.1, -0.05) is 12.2 Å². The van der Waals surface area contributed by atoms with Crippen LogP contribution in [0, 0.1) is 11.8 Å². The fraction of sp³-hybridized carbons (Fsp3) is 0.667. The maximum atomic E-state index is 12.3. The number of hydrogen-bond acceptors (Lipinski definition) is 4. The van der Waals surface area contributed by atoms with Crippen LogP contribution in [-0.2, 0) is 14.4 Å². The Bertz CT molecular complexity index is 447. The number of likely N-dealkylation sites (N-methyl/N-ethyl adjacent to an activating group) is 1. The molecule has 21 heavy (non-hydrogen) atoms. The van der Waals surface area contributed by atoms with Crippen molar-refractivity contribution in [2.75, 3.05) is 20.3 Å². The molecule has 0 aromatic rings. The molecular weight excluding hydrogens is 270 g/mol. The molecule has 1 heterocycles. The molecule has 2 atom stereocenters. The number of amides is 3. The van der Waals surface area contributed by atoms with Crippen LogP contribution < -0.4 is 5.32 Å². The summed E-state index contributed by atoms with van der Waals surface area (Å²) in [6.45, 7) is 4.13. The third-order valence-corrected chi connectivity index (χ3v) is 3.84. The lowest BCUT2D eigenvalue weighted by Crippen LogP contribution is -2.45. The summed E-state index contributed by atoms with van der Waals surface area (Å²) in [5.41, 5.74) is 0. The number of nitrogens with one attached hydrogen (secondary N) is 1. The quantitative estimate of drug-likeness (QED) is 0.586. The SMILES string of the molecule is CC(C)NC(=O)CN(C)CN1C(=O)[C@H]2CC=CC[C@@H]2C1=O. The number of allylic oxidation sites excluding steroid dienone is 2. The zero-order valence-electron chi connectivity index (χ0n) is 12.8. The van der Waals surface area contributed by atoms with Gasteiger partial charge in [0, 0.05) is 6.04 Å². The second kappa shape index (κ2) is 6.39. The Morgan fingerprint density at radius 3 is 2.29 bits per heavy atom. The van der Waals surface area contributed by atoms with Crippen molar-refractivity contribution in [1.82, 2.24) is 15.1 Å². The standard InChI is InChI=1S/C15H23N3O3/c1-10(2)16-13(19)8-17(3)9-18-14(20)11-6-4-5-7-12(11)15(18)21/h4-5,10-12H,6-9H2,1-3H3,(H,16,19)/t11-,12-/m0/s1. The van der Waals surface area contributed by atoms with Gasteiger partial charge in [0.15, 0.2) is 0 Å².